The van der Waals surface area contributed by atoms with Gasteiger partial charge in [-0.15, -0.1) is 10.2 Å². The fourth-order valence-corrected chi connectivity index (χ4v) is 3.53. The highest BCUT2D eigenvalue weighted by Gasteiger charge is 2.43. The second-order valence-corrected chi connectivity index (χ2v) is 5.78. The van der Waals surface area contributed by atoms with Crippen molar-refractivity contribution in [3.05, 3.63) is 11.6 Å². The van der Waals surface area contributed by atoms with Crippen molar-refractivity contribution in [2.24, 2.45) is 0 Å². The summed E-state index contributed by atoms with van der Waals surface area (Å²) in [5.74, 6) is 2.88. The minimum absolute atomic E-state index is 0.111. The third kappa shape index (κ3) is 1.19. The largest absolute Gasteiger partial charge is 0.331 e. The van der Waals surface area contributed by atoms with Crippen LogP contribution in [0, 0.1) is 0 Å². The summed E-state index contributed by atoms with van der Waals surface area (Å²) in [4.78, 5) is 14.4. The van der Waals surface area contributed by atoms with Gasteiger partial charge in [0.15, 0.2) is 5.82 Å². The molecule has 3 aliphatic rings. The summed E-state index contributed by atoms with van der Waals surface area (Å²) >= 11 is 0. The average molecular weight is 246 g/mol. The number of rotatable bonds is 1. The highest BCUT2D eigenvalue weighted by atomic mass is 16.2. The maximum absolute atomic E-state index is 12.4. The van der Waals surface area contributed by atoms with Gasteiger partial charge in [-0.25, -0.2) is 0 Å². The quantitative estimate of drug-likeness (QED) is 0.759. The van der Waals surface area contributed by atoms with E-state index in [9.17, 15) is 4.79 Å². The van der Waals surface area contributed by atoms with E-state index in [1.807, 2.05) is 11.8 Å². The van der Waals surface area contributed by atoms with E-state index in [0.29, 0.717) is 5.92 Å². The Morgan fingerprint density at radius 1 is 1.11 bits per heavy atom. The Morgan fingerprint density at radius 2 is 1.89 bits per heavy atom. The molecule has 96 valence electrons. The SMILES string of the molecule is C[C@H]1C(=O)N2CCC[C@@H]2c2nnc(C3CCC3)n21. The summed E-state index contributed by atoms with van der Waals surface area (Å²) < 4.78 is 2.14. The minimum atomic E-state index is -0.111. The molecule has 2 atom stereocenters. The first-order chi connectivity index (χ1) is 8.77. The average Bonchev–Trinajstić information content (AvgIpc) is 2.89. The normalized spacial score (nSPS) is 31.2. The molecule has 3 heterocycles. The zero-order valence-electron chi connectivity index (χ0n) is 10.7. The number of hydrogen-bond acceptors (Lipinski definition) is 3. The molecule has 1 amide bonds. The number of fused-ring (bicyclic) bond motifs is 3. The Balaban J connectivity index is 1.82. The highest BCUT2D eigenvalue weighted by Crippen LogP contribution is 2.42. The molecule has 1 aliphatic carbocycles. The molecule has 0 aromatic carbocycles. The molecule has 0 N–H and O–H groups in total. The van der Waals surface area contributed by atoms with Crippen molar-refractivity contribution in [2.75, 3.05) is 6.54 Å². The monoisotopic (exact) mass is 246 g/mol. The van der Waals surface area contributed by atoms with Crippen LogP contribution in [0.15, 0.2) is 0 Å². The number of aromatic nitrogens is 3. The number of carbonyl (C=O) groups is 1. The molecule has 2 fully saturated rings. The Morgan fingerprint density at radius 3 is 2.61 bits per heavy atom. The molecule has 5 heteroatoms. The molecule has 1 saturated heterocycles. The summed E-state index contributed by atoms with van der Waals surface area (Å²) in [6.07, 6.45) is 5.82. The Bertz CT molecular complexity index is 505. The lowest BCUT2D eigenvalue weighted by Crippen LogP contribution is -2.42. The second kappa shape index (κ2) is 3.56. The Hall–Kier alpha value is -1.39. The second-order valence-electron chi connectivity index (χ2n) is 5.78. The van der Waals surface area contributed by atoms with Crippen LogP contribution in [0.25, 0.3) is 0 Å². The topological polar surface area (TPSA) is 51.0 Å². The van der Waals surface area contributed by atoms with Gasteiger partial charge in [-0.05, 0) is 32.6 Å². The van der Waals surface area contributed by atoms with Crippen LogP contribution >= 0.6 is 0 Å². The molecule has 0 radical (unpaired) electrons. The van der Waals surface area contributed by atoms with Crippen molar-refractivity contribution >= 4 is 5.91 Å². The van der Waals surface area contributed by atoms with E-state index in [4.69, 9.17) is 0 Å². The first-order valence-corrected chi connectivity index (χ1v) is 7.02. The van der Waals surface area contributed by atoms with E-state index < -0.39 is 0 Å². The number of nitrogens with zero attached hydrogens (tertiary/aromatic N) is 4. The number of amides is 1. The van der Waals surface area contributed by atoms with Crippen molar-refractivity contribution < 1.29 is 4.79 Å². The van der Waals surface area contributed by atoms with Crippen LogP contribution in [0.5, 0.6) is 0 Å². The Labute approximate surface area is 106 Å². The molecule has 0 unspecified atom stereocenters. The van der Waals surface area contributed by atoms with E-state index in [1.54, 1.807) is 0 Å². The van der Waals surface area contributed by atoms with E-state index in [-0.39, 0.29) is 18.0 Å². The van der Waals surface area contributed by atoms with Gasteiger partial charge in [-0.1, -0.05) is 6.42 Å². The van der Waals surface area contributed by atoms with Crippen LogP contribution < -0.4 is 0 Å². The lowest BCUT2D eigenvalue weighted by atomic mass is 9.84. The van der Waals surface area contributed by atoms with E-state index in [2.05, 4.69) is 14.8 Å². The number of hydrogen-bond donors (Lipinski definition) is 0. The third-order valence-electron chi connectivity index (χ3n) is 4.80. The summed E-state index contributed by atoms with van der Waals surface area (Å²) in [7, 11) is 0. The zero-order valence-corrected chi connectivity index (χ0v) is 10.7. The first kappa shape index (κ1) is 10.5. The lowest BCUT2D eigenvalue weighted by molar-refractivity contribution is -0.137. The predicted molar refractivity (Wildman–Crippen MR) is 65.0 cm³/mol. The molecular weight excluding hydrogens is 228 g/mol. The molecule has 1 saturated carbocycles. The van der Waals surface area contributed by atoms with Gasteiger partial charge in [0.05, 0.1) is 6.04 Å². The van der Waals surface area contributed by atoms with E-state index in [1.165, 1.54) is 19.3 Å². The standard InChI is InChI=1S/C13H18N4O/c1-8-13(18)16-7-3-6-10(16)12-15-14-11(17(8)12)9-4-2-5-9/h8-10H,2-7H2,1H3/t8-,10+/m0/s1. The minimum Gasteiger partial charge on any atom is -0.331 e. The fourth-order valence-electron chi connectivity index (χ4n) is 3.53. The molecule has 0 bridgehead atoms. The fraction of sp³-hybridized carbons (Fsp3) is 0.769. The van der Waals surface area contributed by atoms with Crippen LogP contribution in [0.2, 0.25) is 0 Å². The van der Waals surface area contributed by atoms with E-state index in [0.717, 1.165) is 31.0 Å². The predicted octanol–water partition coefficient (Wildman–Crippen LogP) is 1.78. The maximum Gasteiger partial charge on any atom is 0.246 e. The third-order valence-corrected chi connectivity index (χ3v) is 4.80. The van der Waals surface area contributed by atoms with Crippen LogP contribution in [0.4, 0.5) is 0 Å². The van der Waals surface area contributed by atoms with Crippen LogP contribution in [0.3, 0.4) is 0 Å². The van der Waals surface area contributed by atoms with Gasteiger partial charge in [0.25, 0.3) is 0 Å². The van der Waals surface area contributed by atoms with Crippen molar-refractivity contribution in [3.8, 4) is 0 Å². The molecule has 4 rings (SSSR count). The Kier molecular flexibility index (Phi) is 2.08. The molecule has 0 spiro atoms. The van der Waals surface area contributed by atoms with E-state index >= 15 is 0 Å². The van der Waals surface area contributed by atoms with Gasteiger partial charge in [-0.2, -0.15) is 0 Å². The van der Waals surface area contributed by atoms with Crippen molar-refractivity contribution in [1.29, 1.82) is 0 Å². The van der Waals surface area contributed by atoms with Crippen LogP contribution in [-0.2, 0) is 4.79 Å². The van der Waals surface area contributed by atoms with Crippen molar-refractivity contribution in [1.82, 2.24) is 19.7 Å². The summed E-state index contributed by atoms with van der Waals surface area (Å²) in [5, 5.41) is 8.81. The van der Waals surface area contributed by atoms with Crippen molar-refractivity contribution in [3.63, 3.8) is 0 Å². The molecule has 1 aromatic heterocycles. The lowest BCUT2D eigenvalue weighted by Gasteiger charge is -2.36. The summed E-state index contributed by atoms with van der Waals surface area (Å²) in [5.41, 5.74) is 0. The smallest absolute Gasteiger partial charge is 0.246 e. The molecular formula is C13H18N4O. The zero-order chi connectivity index (χ0) is 12.3. The van der Waals surface area contributed by atoms with Gasteiger partial charge >= 0.3 is 0 Å². The van der Waals surface area contributed by atoms with Gasteiger partial charge in [0.2, 0.25) is 5.91 Å². The van der Waals surface area contributed by atoms with Crippen LogP contribution in [0.1, 0.15) is 68.7 Å². The maximum atomic E-state index is 12.4. The van der Waals surface area contributed by atoms with Crippen LogP contribution in [-0.4, -0.2) is 32.1 Å². The molecule has 18 heavy (non-hydrogen) atoms. The number of carbonyl (C=O) groups excluding carboxylic acids is 1. The molecule has 5 nitrogen and oxygen atoms in total. The van der Waals surface area contributed by atoms with Gasteiger partial charge in [0.1, 0.15) is 11.9 Å². The van der Waals surface area contributed by atoms with Crippen molar-refractivity contribution in [2.45, 2.75) is 57.0 Å². The van der Waals surface area contributed by atoms with Gasteiger partial charge in [0, 0.05) is 12.5 Å². The molecule has 1 aromatic rings. The van der Waals surface area contributed by atoms with Gasteiger partial charge < -0.3 is 9.47 Å². The first-order valence-electron chi connectivity index (χ1n) is 7.02. The van der Waals surface area contributed by atoms with Gasteiger partial charge in [-0.3, -0.25) is 4.79 Å². The summed E-state index contributed by atoms with van der Waals surface area (Å²) in [6.45, 7) is 2.88. The molecule has 2 aliphatic heterocycles. The highest BCUT2D eigenvalue weighted by molar-refractivity contribution is 5.82. The summed E-state index contributed by atoms with van der Waals surface area (Å²) in [6, 6.07) is 0.0787.